The summed E-state index contributed by atoms with van der Waals surface area (Å²) in [4.78, 5) is 43.8. The Kier molecular flexibility index (Phi) is 12.0. The summed E-state index contributed by atoms with van der Waals surface area (Å²) >= 11 is 0. The molecule has 4 aromatic rings. The number of ether oxygens (including phenoxy) is 3. The van der Waals surface area contributed by atoms with E-state index in [4.69, 9.17) is 24.2 Å². The van der Waals surface area contributed by atoms with Crippen molar-refractivity contribution in [1.29, 1.82) is 0 Å². The van der Waals surface area contributed by atoms with Crippen molar-refractivity contribution in [3.63, 3.8) is 0 Å². The van der Waals surface area contributed by atoms with Crippen molar-refractivity contribution in [1.82, 2.24) is 29.7 Å². The van der Waals surface area contributed by atoms with Crippen LogP contribution in [0.1, 0.15) is 49.7 Å². The first-order valence-corrected chi connectivity index (χ1v) is 22.4. The van der Waals surface area contributed by atoms with Gasteiger partial charge in [0.05, 0.1) is 36.5 Å². The number of carbonyl (C=O) groups excluding carboxylic acids is 2. The number of hydrogen-bond acceptors (Lipinski definition) is 10. The fourth-order valence-electron chi connectivity index (χ4n) is 6.58. The Morgan fingerprint density at radius 2 is 1.77 bits per heavy atom. The number of benzene rings is 1. The van der Waals surface area contributed by atoms with Gasteiger partial charge in [-0.25, -0.2) is 14.8 Å². The first-order valence-electron chi connectivity index (χ1n) is 18.7. The summed E-state index contributed by atoms with van der Waals surface area (Å²) in [6, 6.07) is 15.0. The van der Waals surface area contributed by atoms with Crippen LogP contribution in [0.4, 0.5) is 16.3 Å². The van der Waals surface area contributed by atoms with Crippen LogP contribution in [0, 0.1) is 0 Å². The van der Waals surface area contributed by atoms with E-state index in [0.717, 1.165) is 71.5 Å². The molecule has 0 radical (unpaired) electrons. The predicted molar refractivity (Wildman–Crippen MR) is 210 cm³/mol. The molecule has 0 unspecified atom stereocenters. The zero-order chi connectivity index (χ0) is 37.6. The molecule has 2 N–H and O–H groups in total. The van der Waals surface area contributed by atoms with Gasteiger partial charge in [0.25, 0.3) is 5.91 Å². The van der Waals surface area contributed by atoms with Gasteiger partial charge in [0, 0.05) is 64.3 Å². The van der Waals surface area contributed by atoms with Crippen LogP contribution >= 0.6 is 0 Å². The van der Waals surface area contributed by atoms with Crippen molar-refractivity contribution in [2.24, 2.45) is 0 Å². The molecule has 0 spiro atoms. The number of alkyl carbamates (subject to hydrolysis) is 1. The lowest BCUT2D eigenvalue weighted by atomic mass is 10.0. The van der Waals surface area contributed by atoms with Gasteiger partial charge in [-0.3, -0.25) is 9.78 Å². The van der Waals surface area contributed by atoms with Crippen LogP contribution in [-0.4, -0.2) is 102 Å². The van der Waals surface area contributed by atoms with Gasteiger partial charge in [-0.15, -0.1) is 0 Å². The largest absolute Gasteiger partial charge is 0.444 e. The Labute approximate surface area is 313 Å². The van der Waals surface area contributed by atoms with E-state index in [0.29, 0.717) is 51.7 Å². The van der Waals surface area contributed by atoms with Gasteiger partial charge in [0.15, 0.2) is 0 Å². The van der Waals surface area contributed by atoms with Crippen molar-refractivity contribution in [2.75, 3.05) is 56.2 Å². The topological polar surface area (TPSA) is 136 Å². The van der Waals surface area contributed by atoms with Crippen molar-refractivity contribution in [3.05, 3.63) is 66.2 Å². The van der Waals surface area contributed by atoms with Crippen molar-refractivity contribution >= 4 is 42.6 Å². The molecule has 0 bridgehead atoms. The minimum absolute atomic E-state index is 0.0741. The summed E-state index contributed by atoms with van der Waals surface area (Å²) in [6.07, 6.45) is 4.46. The van der Waals surface area contributed by atoms with E-state index in [1.807, 2.05) is 26.8 Å². The highest BCUT2D eigenvalue weighted by Crippen LogP contribution is 2.33. The minimum Gasteiger partial charge on any atom is -0.444 e. The average Bonchev–Trinajstić information content (AvgIpc) is 3.50. The third-order valence-electron chi connectivity index (χ3n) is 9.34. The van der Waals surface area contributed by atoms with Crippen LogP contribution in [0.2, 0.25) is 25.7 Å². The van der Waals surface area contributed by atoms with Crippen LogP contribution in [0.15, 0.2) is 55.0 Å². The third-order valence-corrected chi connectivity index (χ3v) is 11.0. The SMILES string of the molecule is CC(C)(C)OC(=O)N[C@@H]1CCCN(C(=O)c2ccnc(CNc3ccc(-c4cc5c(N6CCOCC6)ncnc5n4COCC[Si](C)(C)C)cc3)c2)C1. The number of piperidine rings is 1. The second kappa shape index (κ2) is 16.6. The van der Waals surface area contributed by atoms with E-state index < -0.39 is 19.8 Å². The van der Waals surface area contributed by atoms with Gasteiger partial charge < -0.3 is 39.2 Å². The summed E-state index contributed by atoms with van der Waals surface area (Å²) in [6.45, 7) is 18.1. The molecule has 6 rings (SSSR count). The molecule has 2 saturated heterocycles. The van der Waals surface area contributed by atoms with Crippen LogP contribution in [0.3, 0.4) is 0 Å². The van der Waals surface area contributed by atoms with E-state index in [2.05, 4.69) is 75.1 Å². The Morgan fingerprint density at radius 1 is 1.00 bits per heavy atom. The number of aromatic nitrogens is 4. The summed E-state index contributed by atoms with van der Waals surface area (Å²) in [5.74, 6) is 0.847. The highest BCUT2D eigenvalue weighted by atomic mass is 28.3. The number of morpholine rings is 1. The lowest BCUT2D eigenvalue weighted by molar-refractivity contribution is 0.0452. The number of amides is 2. The van der Waals surface area contributed by atoms with E-state index in [-0.39, 0.29) is 11.9 Å². The van der Waals surface area contributed by atoms with Crippen LogP contribution in [0.25, 0.3) is 22.3 Å². The van der Waals surface area contributed by atoms with Crippen molar-refractivity contribution in [2.45, 2.75) is 84.2 Å². The molecular weight excluding hydrogens is 689 g/mol. The van der Waals surface area contributed by atoms with Gasteiger partial charge in [-0.1, -0.05) is 31.8 Å². The molecule has 5 heterocycles. The molecule has 284 valence electrons. The van der Waals surface area contributed by atoms with Gasteiger partial charge in [-0.2, -0.15) is 0 Å². The number of hydrogen-bond donors (Lipinski definition) is 2. The lowest BCUT2D eigenvalue weighted by Crippen LogP contribution is -2.50. The van der Waals surface area contributed by atoms with Gasteiger partial charge in [0.1, 0.15) is 30.1 Å². The van der Waals surface area contributed by atoms with E-state index >= 15 is 0 Å². The molecule has 2 aliphatic rings. The zero-order valence-corrected chi connectivity index (χ0v) is 33.0. The normalized spacial score (nSPS) is 16.8. The molecule has 53 heavy (non-hydrogen) atoms. The molecule has 1 atom stereocenters. The molecular formula is C39H54N8O5Si. The fraction of sp³-hybridized carbons (Fsp3) is 0.513. The average molecular weight is 743 g/mol. The highest BCUT2D eigenvalue weighted by Gasteiger charge is 2.28. The van der Waals surface area contributed by atoms with Crippen LogP contribution < -0.4 is 15.5 Å². The summed E-state index contributed by atoms with van der Waals surface area (Å²) in [7, 11) is -1.24. The molecule has 2 fully saturated rings. The lowest BCUT2D eigenvalue weighted by Gasteiger charge is -2.33. The van der Waals surface area contributed by atoms with Gasteiger partial charge in [-0.05, 0) is 75.6 Å². The van der Waals surface area contributed by atoms with E-state index in [1.165, 1.54) is 0 Å². The maximum atomic E-state index is 13.5. The molecule has 13 nitrogen and oxygen atoms in total. The van der Waals surface area contributed by atoms with Crippen molar-refractivity contribution < 1.29 is 23.8 Å². The summed E-state index contributed by atoms with van der Waals surface area (Å²) < 4.78 is 19.4. The van der Waals surface area contributed by atoms with E-state index in [1.54, 1.807) is 23.5 Å². The van der Waals surface area contributed by atoms with Gasteiger partial charge >= 0.3 is 6.09 Å². The summed E-state index contributed by atoms with van der Waals surface area (Å²) in [5, 5.41) is 7.39. The van der Waals surface area contributed by atoms with Crippen molar-refractivity contribution in [3.8, 4) is 11.3 Å². The summed E-state index contributed by atoms with van der Waals surface area (Å²) in [5.41, 5.74) is 4.60. The number of rotatable bonds is 12. The Bertz CT molecular complexity index is 1860. The Balaban J connectivity index is 1.13. The predicted octanol–water partition coefficient (Wildman–Crippen LogP) is 6.38. The van der Waals surface area contributed by atoms with E-state index in [9.17, 15) is 9.59 Å². The maximum absolute atomic E-state index is 13.5. The molecule has 0 saturated carbocycles. The molecule has 14 heteroatoms. The third kappa shape index (κ3) is 10.3. The number of carbonyl (C=O) groups is 2. The standard InChI is InChI=1S/C39H54N8O5Si/c1-39(2,3)52-38(49)44-31-8-7-15-46(25-31)37(48)29-13-14-40-32(22-29)24-41-30-11-9-28(10-12-30)34-23-33-35(45-16-18-50-19-17-45)42-26-43-36(33)47(34)27-51-20-21-53(4,5)6/h9-14,22-23,26,31,41H,7-8,15-21,24-25,27H2,1-6H3,(H,44,49)/t31-/m1/s1. The fourth-order valence-corrected chi connectivity index (χ4v) is 7.33. The van der Waals surface area contributed by atoms with Crippen LogP contribution in [0.5, 0.6) is 0 Å². The zero-order valence-electron chi connectivity index (χ0n) is 32.0. The second-order valence-corrected chi connectivity index (χ2v) is 21.7. The minimum atomic E-state index is -1.24. The quantitative estimate of drug-likeness (QED) is 0.124. The molecule has 2 aliphatic heterocycles. The Hall–Kier alpha value is -4.53. The second-order valence-electron chi connectivity index (χ2n) is 16.0. The highest BCUT2D eigenvalue weighted by molar-refractivity contribution is 6.76. The number of anilines is 2. The first kappa shape index (κ1) is 38.2. The van der Waals surface area contributed by atoms with Gasteiger partial charge in [0.2, 0.25) is 0 Å². The Morgan fingerprint density at radius 3 is 2.51 bits per heavy atom. The molecule has 2 amide bonds. The first-order chi connectivity index (χ1) is 25.3. The van der Waals surface area contributed by atoms with Crippen LogP contribution in [-0.2, 0) is 27.5 Å². The number of pyridine rings is 1. The number of likely N-dealkylation sites (tertiary alicyclic amines) is 1. The number of nitrogens with zero attached hydrogens (tertiary/aromatic N) is 6. The smallest absolute Gasteiger partial charge is 0.407 e. The molecule has 0 aliphatic carbocycles. The molecule has 1 aromatic carbocycles. The monoisotopic (exact) mass is 742 g/mol. The number of nitrogens with one attached hydrogen (secondary N) is 2. The maximum Gasteiger partial charge on any atom is 0.407 e. The number of fused-ring (bicyclic) bond motifs is 1. The molecule has 3 aromatic heterocycles.